The van der Waals surface area contributed by atoms with Gasteiger partial charge in [-0.25, -0.2) is 14.5 Å². The fraction of sp³-hybridized carbons (Fsp3) is 0.190. The Morgan fingerprint density at radius 1 is 1.23 bits per heavy atom. The average molecular weight is 424 g/mol. The van der Waals surface area contributed by atoms with Gasteiger partial charge in [0, 0.05) is 11.4 Å². The molecular formula is C21H18ClN5O3. The first-order valence-corrected chi connectivity index (χ1v) is 9.38. The van der Waals surface area contributed by atoms with Crippen molar-refractivity contribution >= 4 is 29.2 Å². The number of carbonyl (C=O) groups is 2. The van der Waals surface area contributed by atoms with Gasteiger partial charge in [-0.05, 0) is 57.2 Å². The highest BCUT2D eigenvalue weighted by atomic mass is 35.5. The summed E-state index contributed by atoms with van der Waals surface area (Å²) in [6, 6.07) is 13.4. The van der Waals surface area contributed by atoms with Crippen molar-refractivity contribution in [2.75, 3.05) is 5.32 Å². The van der Waals surface area contributed by atoms with Crippen molar-refractivity contribution in [3.63, 3.8) is 0 Å². The van der Waals surface area contributed by atoms with Crippen molar-refractivity contribution in [2.24, 2.45) is 0 Å². The summed E-state index contributed by atoms with van der Waals surface area (Å²) >= 11 is 6.13. The predicted octanol–water partition coefficient (Wildman–Crippen LogP) is 3.59. The minimum atomic E-state index is -1.11. The molecule has 2 aromatic heterocycles. The third-order valence-corrected chi connectivity index (χ3v) is 4.47. The second-order valence-electron chi connectivity index (χ2n) is 6.57. The van der Waals surface area contributed by atoms with E-state index in [0.717, 1.165) is 11.4 Å². The Kier molecular flexibility index (Phi) is 6.14. The lowest BCUT2D eigenvalue weighted by atomic mass is 10.2. The zero-order chi connectivity index (χ0) is 21.8. The predicted molar refractivity (Wildman–Crippen MR) is 111 cm³/mol. The number of nitrogens with zero attached hydrogens (tertiary/aromatic N) is 4. The topological polar surface area (TPSA) is 110 Å². The molecule has 152 valence electrons. The fourth-order valence-electron chi connectivity index (χ4n) is 2.73. The van der Waals surface area contributed by atoms with Gasteiger partial charge in [0.2, 0.25) is 0 Å². The lowest BCUT2D eigenvalue weighted by molar-refractivity contribution is -0.123. The Labute approximate surface area is 178 Å². The van der Waals surface area contributed by atoms with Crippen LogP contribution in [-0.4, -0.2) is 32.7 Å². The number of nitrogens with one attached hydrogen (secondary N) is 1. The molecule has 3 rings (SSSR count). The van der Waals surface area contributed by atoms with Crippen LogP contribution < -0.4 is 5.32 Å². The summed E-state index contributed by atoms with van der Waals surface area (Å²) in [6.07, 6.45) is -1.11. The molecule has 0 spiro atoms. The van der Waals surface area contributed by atoms with Crippen LogP contribution in [0.15, 0.2) is 42.5 Å². The SMILES string of the molecule is Cc1cc(C)n(-c2ccc(Cl)c(C(=O)OC(C)C(=O)Nc3cccc(C#N)c3)n2)n1. The highest BCUT2D eigenvalue weighted by Crippen LogP contribution is 2.19. The number of rotatable bonds is 5. The van der Waals surface area contributed by atoms with Crippen molar-refractivity contribution in [3.05, 3.63) is 70.1 Å². The molecule has 0 aliphatic heterocycles. The summed E-state index contributed by atoms with van der Waals surface area (Å²) in [5.41, 5.74) is 2.35. The molecule has 8 nitrogen and oxygen atoms in total. The average Bonchev–Trinajstić information content (AvgIpc) is 3.06. The van der Waals surface area contributed by atoms with Crippen LogP contribution >= 0.6 is 11.6 Å². The Bertz CT molecular complexity index is 1170. The number of pyridine rings is 1. The summed E-state index contributed by atoms with van der Waals surface area (Å²) in [4.78, 5) is 29.2. The minimum Gasteiger partial charge on any atom is -0.448 e. The Hall–Kier alpha value is -3.70. The number of aromatic nitrogens is 3. The molecule has 0 fully saturated rings. The summed E-state index contributed by atoms with van der Waals surface area (Å²) in [7, 11) is 0. The number of halogens is 1. The molecule has 1 unspecified atom stereocenters. The fourth-order valence-corrected chi connectivity index (χ4v) is 2.92. The maximum absolute atomic E-state index is 12.6. The first-order valence-electron chi connectivity index (χ1n) is 9.00. The van der Waals surface area contributed by atoms with Crippen LogP contribution in [0.2, 0.25) is 5.02 Å². The molecule has 0 aliphatic carbocycles. The van der Waals surface area contributed by atoms with Gasteiger partial charge < -0.3 is 10.1 Å². The number of amides is 1. The summed E-state index contributed by atoms with van der Waals surface area (Å²) in [5, 5.41) is 16.0. The molecule has 1 N–H and O–H groups in total. The second-order valence-corrected chi connectivity index (χ2v) is 6.98. The smallest absolute Gasteiger partial charge is 0.359 e. The van der Waals surface area contributed by atoms with E-state index in [1.165, 1.54) is 19.1 Å². The van der Waals surface area contributed by atoms with Crippen LogP contribution in [-0.2, 0) is 9.53 Å². The van der Waals surface area contributed by atoms with Gasteiger partial charge in [0.15, 0.2) is 17.6 Å². The summed E-state index contributed by atoms with van der Waals surface area (Å²) in [5.74, 6) is -0.983. The number of aryl methyl sites for hydroxylation is 2. The third kappa shape index (κ3) is 4.64. The van der Waals surface area contributed by atoms with E-state index in [0.29, 0.717) is 17.1 Å². The van der Waals surface area contributed by atoms with Crippen LogP contribution in [0.1, 0.15) is 34.4 Å². The van der Waals surface area contributed by atoms with Crippen molar-refractivity contribution in [1.29, 1.82) is 5.26 Å². The molecule has 0 aliphatic rings. The number of nitriles is 1. The van der Waals surface area contributed by atoms with E-state index in [4.69, 9.17) is 21.6 Å². The van der Waals surface area contributed by atoms with Gasteiger partial charge in [-0.15, -0.1) is 0 Å². The number of esters is 1. The van der Waals surface area contributed by atoms with Crippen molar-refractivity contribution in [3.8, 4) is 11.9 Å². The van der Waals surface area contributed by atoms with Gasteiger partial charge >= 0.3 is 5.97 Å². The van der Waals surface area contributed by atoms with E-state index in [2.05, 4.69) is 15.4 Å². The first kappa shape index (κ1) is 21.0. The minimum absolute atomic E-state index is 0.0969. The zero-order valence-electron chi connectivity index (χ0n) is 16.5. The summed E-state index contributed by atoms with van der Waals surface area (Å²) < 4.78 is 6.83. The van der Waals surface area contributed by atoms with E-state index < -0.39 is 18.0 Å². The summed E-state index contributed by atoms with van der Waals surface area (Å²) in [6.45, 7) is 5.14. The maximum atomic E-state index is 12.6. The normalized spacial score (nSPS) is 11.4. The van der Waals surface area contributed by atoms with Gasteiger partial charge in [-0.1, -0.05) is 17.7 Å². The van der Waals surface area contributed by atoms with Gasteiger partial charge in [0.25, 0.3) is 5.91 Å². The van der Waals surface area contributed by atoms with Gasteiger partial charge in [-0.3, -0.25) is 4.79 Å². The number of ether oxygens (including phenoxy) is 1. The maximum Gasteiger partial charge on any atom is 0.359 e. The Morgan fingerprint density at radius 2 is 2.00 bits per heavy atom. The zero-order valence-corrected chi connectivity index (χ0v) is 17.3. The molecule has 2 heterocycles. The molecule has 3 aromatic rings. The van der Waals surface area contributed by atoms with Crippen molar-refractivity contribution < 1.29 is 14.3 Å². The number of carbonyl (C=O) groups excluding carboxylic acids is 2. The van der Waals surface area contributed by atoms with E-state index in [-0.39, 0.29) is 10.7 Å². The number of benzene rings is 1. The molecule has 0 saturated heterocycles. The molecule has 1 amide bonds. The molecule has 1 aromatic carbocycles. The Balaban J connectivity index is 1.74. The van der Waals surface area contributed by atoms with Gasteiger partial charge in [-0.2, -0.15) is 10.4 Å². The number of hydrogen-bond donors (Lipinski definition) is 1. The number of hydrogen-bond acceptors (Lipinski definition) is 6. The highest BCUT2D eigenvalue weighted by molar-refractivity contribution is 6.33. The van der Waals surface area contributed by atoms with E-state index in [9.17, 15) is 9.59 Å². The first-order chi connectivity index (χ1) is 14.3. The van der Waals surface area contributed by atoms with Crippen LogP contribution in [0.25, 0.3) is 5.82 Å². The Morgan fingerprint density at radius 3 is 2.67 bits per heavy atom. The highest BCUT2D eigenvalue weighted by Gasteiger charge is 2.23. The van der Waals surface area contributed by atoms with Crippen LogP contribution in [0.4, 0.5) is 5.69 Å². The van der Waals surface area contributed by atoms with Crippen molar-refractivity contribution in [2.45, 2.75) is 26.9 Å². The van der Waals surface area contributed by atoms with Gasteiger partial charge in [0.05, 0.1) is 22.3 Å². The van der Waals surface area contributed by atoms with Crippen LogP contribution in [0.3, 0.4) is 0 Å². The molecule has 0 radical (unpaired) electrons. The largest absolute Gasteiger partial charge is 0.448 e. The van der Waals surface area contributed by atoms with Gasteiger partial charge in [0.1, 0.15) is 0 Å². The second kappa shape index (κ2) is 8.76. The molecule has 30 heavy (non-hydrogen) atoms. The lowest BCUT2D eigenvalue weighted by Gasteiger charge is -2.14. The lowest BCUT2D eigenvalue weighted by Crippen LogP contribution is -2.30. The molecule has 0 saturated carbocycles. The van der Waals surface area contributed by atoms with Crippen LogP contribution in [0, 0.1) is 25.2 Å². The van der Waals surface area contributed by atoms with Crippen molar-refractivity contribution in [1.82, 2.24) is 14.8 Å². The standard InChI is InChI=1S/C21H18ClN5O3/c1-12-9-13(2)27(26-12)18-8-7-17(22)19(25-18)21(29)30-14(3)20(28)24-16-6-4-5-15(10-16)11-23/h4-10,14H,1-3H3,(H,24,28). The third-order valence-electron chi connectivity index (χ3n) is 4.16. The molecular weight excluding hydrogens is 406 g/mol. The van der Waals surface area contributed by atoms with E-state index >= 15 is 0 Å². The molecule has 0 bridgehead atoms. The van der Waals surface area contributed by atoms with Crippen LogP contribution in [0.5, 0.6) is 0 Å². The quantitative estimate of drug-likeness (QED) is 0.628. The molecule has 9 heteroatoms. The number of anilines is 1. The van der Waals surface area contributed by atoms with E-state index in [1.807, 2.05) is 26.0 Å². The monoisotopic (exact) mass is 423 g/mol. The molecule has 1 atom stereocenters. The van der Waals surface area contributed by atoms with E-state index in [1.54, 1.807) is 28.9 Å².